The van der Waals surface area contributed by atoms with E-state index in [1.165, 1.54) is 25.8 Å². The van der Waals surface area contributed by atoms with Crippen molar-refractivity contribution in [2.24, 2.45) is 11.8 Å². The zero-order valence-electron chi connectivity index (χ0n) is 9.32. The Labute approximate surface area is 86.6 Å². The van der Waals surface area contributed by atoms with Gasteiger partial charge in [0.1, 0.15) is 12.4 Å². The van der Waals surface area contributed by atoms with E-state index in [1.807, 2.05) is 0 Å². The lowest BCUT2D eigenvalue weighted by molar-refractivity contribution is -0.702. The first-order valence-corrected chi connectivity index (χ1v) is 5.82. The lowest BCUT2D eigenvalue weighted by atomic mass is 10.1. The van der Waals surface area contributed by atoms with Crippen molar-refractivity contribution in [1.82, 2.24) is 4.57 Å². The zero-order chi connectivity index (χ0) is 9.97. The number of nitrogens with zero attached hydrogens (tertiary/aromatic N) is 2. The summed E-state index contributed by atoms with van der Waals surface area (Å²) >= 11 is 0. The van der Waals surface area contributed by atoms with Gasteiger partial charge in [0.05, 0.1) is 13.1 Å². The van der Waals surface area contributed by atoms with Crippen LogP contribution < -0.4 is 4.57 Å². The molecule has 2 heteroatoms. The molecule has 1 saturated carbocycles. The topological polar surface area (TPSA) is 8.81 Å². The molecule has 1 aromatic rings. The van der Waals surface area contributed by atoms with Crippen LogP contribution in [-0.2, 0) is 13.1 Å². The van der Waals surface area contributed by atoms with E-state index >= 15 is 0 Å². The lowest BCUT2D eigenvalue weighted by Crippen LogP contribution is -2.34. The predicted molar refractivity (Wildman–Crippen MR) is 56.8 cm³/mol. The molecule has 0 aliphatic heterocycles. The largest absolute Gasteiger partial charge is 0.243 e. The molecule has 2 atom stereocenters. The number of hydrogen-bond donors (Lipinski definition) is 0. The van der Waals surface area contributed by atoms with E-state index in [0.717, 1.165) is 18.4 Å². The maximum absolute atomic E-state index is 2.38. The second kappa shape index (κ2) is 4.16. The fraction of sp³-hybridized carbons (Fsp3) is 0.750. The minimum atomic E-state index is 0.919. The highest BCUT2D eigenvalue weighted by Gasteiger charge is 2.23. The smallest absolute Gasteiger partial charge is 0.237 e. The first-order valence-electron chi connectivity index (χ1n) is 5.82. The monoisotopic (exact) mass is 193 g/mol. The fourth-order valence-electron chi connectivity index (χ4n) is 2.52. The minimum absolute atomic E-state index is 0.919. The first kappa shape index (κ1) is 9.75. The standard InChI is InChI=1S/C12H21N2/c1-3-13-6-7-14(10-13)9-12-5-4-11(2)8-12/h6-7,10-12H,3-5,8-9H2,1-2H3/q+1. The Kier molecular flexibility index (Phi) is 2.90. The summed E-state index contributed by atoms with van der Waals surface area (Å²) in [5.41, 5.74) is 0. The van der Waals surface area contributed by atoms with Crippen molar-refractivity contribution in [1.29, 1.82) is 0 Å². The van der Waals surface area contributed by atoms with E-state index in [9.17, 15) is 0 Å². The molecule has 0 radical (unpaired) electrons. The average molecular weight is 193 g/mol. The number of aromatic nitrogens is 2. The highest BCUT2D eigenvalue weighted by atomic mass is 15.1. The molecule has 0 N–H and O–H groups in total. The number of hydrogen-bond acceptors (Lipinski definition) is 0. The van der Waals surface area contributed by atoms with Crippen LogP contribution in [0.25, 0.3) is 0 Å². The van der Waals surface area contributed by atoms with Crippen molar-refractivity contribution in [3.63, 3.8) is 0 Å². The molecule has 2 rings (SSSR count). The summed E-state index contributed by atoms with van der Waals surface area (Å²) in [6.45, 7) is 6.86. The van der Waals surface area contributed by atoms with Gasteiger partial charge in [-0.3, -0.25) is 0 Å². The second-order valence-corrected chi connectivity index (χ2v) is 4.73. The Morgan fingerprint density at radius 1 is 1.43 bits per heavy atom. The van der Waals surface area contributed by atoms with Gasteiger partial charge in [0.15, 0.2) is 0 Å². The molecule has 1 aromatic heterocycles. The van der Waals surface area contributed by atoms with Crippen LogP contribution in [0.15, 0.2) is 18.7 Å². The van der Waals surface area contributed by atoms with Crippen LogP contribution in [0.4, 0.5) is 0 Å². The van der Waals surface area contributed by atoms with Crippen LogP contribution in [0.1, 0.15) is 33.1 Å². The first-order chi connectivity index (χ1) is 6.78. The number of aryl methyl sites for hydroxylation is 1. The van der Waals surface area contributed by atoms with Crippen LogP contribution in [0.3, 0.4) is 0 Å². The molecule has 0 saturated heterocycles. The molecule has 2 unspecified atom stereocenters. The van der Waals surface area contributed by atoms with E-state index in [4.69, 9.17) is 0 Å². The molecular weight excluding hydrogens is 172 g/mol. The number of imidazole rings is 1. The molecule has 1 aliphatic rings. The summed E-state index contributed by atoms with van der Waals surface area (Å²) in [5.74, 6) is 1.87. The normalized spacial score (nSPS) is 27.0. The molecule has 78 valence electrons. The summed E-state index contributed by atoms with van der Waals surface area (Å²) in [6, 6.07) is 0. The van der Waals surface area contributed by atoms with Crippen LogP contribution in [0.2, 0.25) is 0 Å². The van der Waals surface area contributed by atoms with Gasteiger partial charge in [0.2, 0.25) is 6.33 Å². The Balaban J connectivity index is 1.90. The van der Waals surface area contributed by atoms with Gasteiger partial charge in [-0.2, -0.15) is 0 Å². The quantitative estimate of drug-likeness (QED) is 0.651. The minimum Gasteiger partial charge on any atom is -0.237 e. The highest BCUT2D eigenvalue weighted by Crippen LogP contribution is 2.30. The van der Waals surface area contributed by atoms with Gasteiger partial charge in [-0.05, 0) is 31.6 Å². The molecule has 1 heterocycles. The van der Waals surface area contributed by atoms with Gasteiger partial charge >= 0.3 is 0 Å². The lowest BCUT2D eigenvalue weighted by Gasteiger charge is -2.05. The van der Waals surface area contributed by atoms with Crippen LogP contribution in [-0.4, -0.2) is 4.57 Å². The third-order valence-corrected chi connectivity index (χ3v) is 3.38. The molecule has 14 heavy (non-hydrogen) atoms. The third-order valence-electron chi connectivity index (χ3n) is 3.38. The SMILES string of the molecule is CCn1cc[n+](CC2CCC(C)C2)c1. The Morgan fingerprint density at radius 2 is 2.29 bits per heavy atom. The summed E-state index contributed by atoms with van der Waals surface area (Å²) in [4.78, 5) is 0. The molecular formula is C12H21N2+. The van der Waals surface area contributed by atoms with Gasteiger partial charge in [0, 0.05) is 0 Å². The molecule has 1 fully saturated rings. The predicted octanol–water partition coefficient (Wildman–Crippen LogP) is 2.23. The Hall–Kier alpha value is -0.790. The highest BCUT2D eigenvalue weighted by molar-refractivity contribution is 4.71. The third kappa shape index (κ3) is 2.17. The van der Waals surface area contributed by atoms with Gasteiger partial charge in [0.25, 0.3) is 0 Å². The number of rotatable bonds is 3. The summed E-state index contributed by atoms with van der Waals surface area (Å²) in [6.07, 6.45) is 10.9. The maximum Gasteiger partial charge on any atom is 0.243 e. The van der Waals surface area contributed by atoms with Crippen molar-refractivity contribution >= 4 is 0 Å². The van der Waals surface area contributed by atoms with Crippen molar-refractivity contribution < 1.29 is 4.57 Å². The molecule has 0 spiro atoms. The van der Waals surface area contributed by atoms with E-state index in [-0.39, 0.29) is 0 Å². The molecule has 0 bridgehead atoms. The Bertz CT molecular complexity index is 290. The Morgan fingerprint density at radius 3 is 2.86 bits per heavy atom. The van der Waals surface area contributed by atoms with Crippen LogP contribution in [0, 0.1) is 11.8 Å². The summed E-state index contributed by atoms with van der Waals surface area (Å²) < 4.78 is 4.57. The van der Waals surface area contributed by atoms with E-state index < -0.39 is 0 Å². The molecule has 1 aliphatic carbocycles. The van der Waals surface area contributed by atoms with E-state index in [0.29, 0.717) is 0 Å². The van der Waals surface area contributed by atoms with Gasteiger partial charge in [-0.1, -0.05) is 13.3 Å². The van der Waals surface area contributed by atoms with E-state index in [1.54, 1.807) is 0 Å². The maximum atomic E-state index is 2.38. The molecule has 2 nitrogen and oxygen atoms in total. The van der Waals surface area contributed by atoms with Crippen LogP contribution in [0.5, 0.6) is 0 Å². The van der Waals surface area contributed by atoms with Gasteiger partial charge in [-0.15, -0.1) is 0 Å². The second-order valence-electron chi connectivity index (χ2n) is 4.73. The van der Waals surface area contributed by atoms with Crippen molar-refractivity contribution in [3.05, 3.63) is 18.7 Å². The van der Waals surface area contributed by atoms with E-state index in [2.05, 4.69) is 41.7 Å². The molecule has 0 amide bonds. The van der Waals surface area contributed by atoms with Crippen LogP contribution >= 0.6 is 0 Å². The van der Waals surface area contributed by atoms with Crippen molar-refractivity contribution in [2.45, 2.75) is 46.2 Å². The van der Waals surface area contributed by atoms with Gasteiger partial charge in [-0.25, -0.2) is 9.13 Å². The van der Waals surface area contributed by atoms with Gasteiger partial charge < -0.3 is 0 Å². The molecule has 0 aromatic carbocycles. The fourth-order valence-corrected chi connectivity index (χ4v) is 2.52. The average Bonchev–Trinajstić information content (AvgIpc) is 2.76. The summed E-state index contributed by atoms with van der Waals surface area (Å²) in [7, 11) is 0. The zero-order valence-corrected chi connectivity index (χ0v) is 9.32. The summed E-state index contributed by atoms with van der Waals surface area (Å²) in [5, 5.41) is 0. The van der Waals surface area contributed by atoms with Crippen molar-refractivity contribution in [3.8, 4) is 0 Å². The van der Waals surface area contributed by atoms with Crippen molar-refractivity contribution in [2.75, 3.05) is 0 Å².